The predicted molar refractivity (Wildman–Crippen MR) is 99.9 cm³/mol. The van der Waals surface area contributed by atoms with Gasteiger partial charge < -0.3 is 5.32 Å². The molecule has 4 rings (SSSR count). The largest absolute Gasteiger partial charge is 0.300 e. The van der Waals surface area contributed by atoms with Gasteiger partial charge in [-0.3, -0.25) is 5.10 Å². The minimum Gasteiger partial charge on any atom is -0.300 e. The Hall–Kier alpha value is -3.64. The average molecular weight is 377 g/mol. The molecule has 0 radical (unpaired) electrons. The van der Waals surface area contributed by atoms with E-state index in [0.29, 0.717) is 28.0 Å². The number of thiazole rings is 1. The Labute approximate surface area is 157 Å². The number of hydrogen-bond acceptors (Lipinski definition) is 7. The van der Waals surface area contributed by atoms with Crippen molar-refractivity contribution in [3.05, 3.63) is 59.1 Å². The van der Waals surface area contributed by atoms with E-state index >= 15 is 0 Å². The molecule has 27 heavy (non-hydrogen) atoms. The number of nitrogens with zero attached hydrogens (tertiary/aromatic N) is 5. The second-order valence-corrected chi connectivity index (χ2v) is 6.48. The lowest BCUT2D eigenvalue weighted by Gasteiger charge is -2.04. The van der Waals surface area contributed by atoms with E-state index in [-0.39, 0.29) is 11.1 Å². The van der Waals surface area contributed by atoms with Gasteiger partial charge in [0.25, 0.3) is 0 Å². The molecule has 0 unspecified atom stereocenters. The van der Waals surface area contributed by atoms with Crippen LogP contribution in [0.4, 0.5) is 15.5 Å². The van der Waals surface area contributed by atoms with Crippen LogP contribution < -0.4 is 5.32 Å². The van der Waals surface area contributed by atoms with Crippen molar-refractivity contribution in [1.82, 2.24) is 25.1 Å². The van der Waals surface area contributed by atoms with Crippen molar-refractivity contribution in [2.24, 2.45) is 0 Å². The summed E-state index contributed by atoms with van der Waals surface area (Å²) in [5.41, 5.74) is 2.82. The lowest BCUT2D eigenvalue weighted by atomic mass is 10.0. The number of aromatic nitrogens is 5. The summed E-state index contributed by atoms with van der Waals surface area (Å²) in [4.78, 5) is 12.9. The number of benzene rings is 1. The van der Waals surface area contributed by atoms with Gasteiger partial charge in [0.15, 0.2) is 5.13 Å². The lowest BCUT2D eigenvalue weighted by molar-refractivity contribution is 0.627. The minimum atomic E-state index is -0.591. The van der Waals surface area contributed by atoms with Gasteiger partial charge in [0.2, 0.25) is 5.95 Å². The van der Waals surface area contributed by atoms with Crippen LogP contribution in [0.2, 0.25) is 0 Å². The molecule has 9 heteroatoms. The summed E-state index contributed by atoms with van der Waals surface area (Å²) in [5, 5.41) is 21.4. The highest BCUT2D eigenvalue weighted by Crippen LogP contribution is 2.34. The summed E-state index contributed by atoms with van der Waals surface area (Å²) in [6.45, 7) is 1.88. The van der Waals surface area contributed by atoms with Crippen molar-refractivity contribution < 1.29 is 4.39 Å². The Morgan fingerprint density at radius 2 is 2.11 bits per heavy atom. The van der Waals surface area contributed by atoms with Crippen LogP contribution in [0, 0.1) is 24.1 Å². The molecule has 0 aliphatic heterocycles. The number of nitrogens with one attached hydrogen (secondary N) is 2. The summed E-state index contributed by atoms with van der Waals surface area (Å²) in [6, 6.07) is 8.31. The van der Waals surface area contributed by atoms with Crippen LogP contribution in [0.3, 0.4) is 0 Å². The van der Waals surface area contributed by atoms with Gasteiger partial charge in [-0.15, -0.1) is 11.3 Å². The molecule has 1 aromatic carbocycles. The first-order valence-electron chi connectivity index (χ1n) is 7.90. The van der Waals surface area contributed by atoms with Gasteiger partial charge in [-0.1, -0.05) is 6.07 Å². The number of rotatable bonds is 4. The molecule has 3 aromatic heterocycles. The molecule has 3 heterocycles. The fraction of sp³-hybridized carbons (Fsp3) is 0.0556. The van der Waals surface area contributed by atoms with Gasteiger partial charge >= 0.3 is 0 Å². The van der Waals surface area contributed by atoms with E-state index in [2.05, 4.69) is 30.5 Å². The molecule has 0 amide bonds. The highest BCUT2D eigenvalue weighted by Gasteiger charge is 2.18. The monoisotopic (exact) mass is 377 g/mol. The first-order chi connectivity index (χ1) is 13.2. The molecule has 2 N–H and O–H groups in total. The zero-order valence-electron chi connectivity index (χ0n) is 14.1. The smallest absolute Gasteiger partial charge is 0.229 e. The number of hydrogen-bond donors (Lipinski definition) is 2. The number of halogens is 1. The van der Waals surface area contributed by atoms with Crippen molar-refractivity contribution in [3.63, 3.8) is 0 Å². The molecule has 0 atom stereocenters. The normalized spacial score (nSPS) is 10.6. The first kappa shape index (κ1) is 16.8. The van der Waals surface area contributed by atoms with Crippen LogP contribution >= 0.6 is 11.3 Å². The summed E-state index contributed by atoms with van der Waals surface area (Å²) in [6.07, 6.45) is 3.24. The molecule has 0 fully saturated rings. The van der Waals surface area contributed by atoms with Gasteiger partial charge in [-0.25, -0.2) is 19.3 Å². The maximum Gasteiger partial charge on any atom is 0.229 e. The number of H-pyrrole nitrogens is 1. The van der Waals surface area contributed by atoms with Crippen LogP contribution in [0.25, 0.3) is 22.5 Å². The molecule has 0 spiro atoms. The van der Waals surface area contributed by atoms with Crippen molar-refractivity contribution in [2.75, 3.05) is 5.32 Å². The Morgan fingerprint density at radius 3 is 2.93 bits per heavy atom. The van der Waals surface area contributed by atoms with E-state index in [1.54, 1.807) is 30.6 Å². The second kappa shape index (κ2) is 6.93. The Kier molecular flexibility index (Phi) is 4.32. The fourth-order valence-electron chi connectivity index (χ4n) is 2.56. The van der Waals surface area contributed by atoms with Crippen LogP contribution in [0.1, 0.15) is 11.3 Å². The number of nitriles is 1. The molecular weight excluding hydrogens is 365 g/mol. The van der Waals surface area contributed by atoms with Crippen LogP contribution in [-0.4, -0.2) is 25.1 Å². The van der Waals surface area contributed by atoms with E-state index in [1.807, 2.05) is 18.4 Å². The maximum absolute atomic E-state index is 14.5. The highest BCUT2D eigenvalue weighted by molar-refractivity contribution is 7.14. The molecule has 0 saturated carbocycles. The standard InChI is InChI=1S/C18H12FN7S/c1-10-5-6-21-17(23-10)25-18-24-14(9-27-18)13-8-22-26-16(13)12-4-2-3-11(7-20)15(12)19/h2-6,8-9H,1H3,(H,22,26)(H,21,23,24,25). The van der Waals surface area contributed by atoms with Crippen molar-refractivity contribution >= 4 is 22.4 Å². The third-order valence-corrected chi connectivity index (χ3v) is 4.58. The quantitative estimate of drug-likeness (QED) is 0.556. The lowest BCUT2D eigenvalue weighted by Crippen LogP contribution is -1.97. The molecule has 0 bridgehead atoms. The third kappa shape index (κ3) is 3.26. The maximum atomic E-state index is 14.5. The molecule has 0 aliphatic rings. The van der Waals surface area contributed by atoms with Crippen LogP contribution in [0.15, 0.2) is 42.0 Å². The topological polar surface area (TPSA) is 103 Å². The van der Waals surface area contributed by atoms with Crippen LogP contribution in [-0.2, 0) is 0 Å². The van der Waals surface area contributed by atoms with E-state index < -0.39 is 5.82 Å². The Morgan fingerprint density at radius 1 is 1.22 bits per heavy atom. The Bertz CT molecular complexity index is 1160. The minimum absolute atomic E-state index is 0.0229. The average Bonchev–Trinajstić information content (AvgIpc) is 3.31. The van der Waals surface area contributed by atoms with Gasteiger partial charge in [0.1, 0.15) is 11.9 Å². The summed E-state index contributed by atoms with van der Waals surface area (Å²) in [5.74, 6) is -0.136. The van der Waals surface area contributed by atoms with Gasteiger partial charge in [-0.05, 0) is 25.1 Å². The second-order valence-electron chi connectivity index (χ2n) is 5.62. The fourth-order valence-corrected chi connectivity index (χ4v) is 3.26. The first-order valence-corrected chi connectivity index (χ1v) is 8.78. The number of anilines is 2. The van der Waals surface area contributed by atoms with Gasteiger partial charge in [0.05, 0.1) is 23.1 Å². The predicted octanol–water partition coefficient (Wildman–Crippen LogP) is 4.05. The van der Waals surface area contributed by atoms with E-state index in [4.69, 9.17) is 5.26 Å². The van der Waals surface area contributed by atoms with Gasteiger partial charge in [-0.2, -0.15) is 10.4 Å². The molecule has 0 aliphatic carbocycles. The summed E-state index contributed by atoms with van der Waals surface area (Å²) < 4.78 is 14.5. The third-order valence-electron chi connectivity index (χ3n) is 3.82. The molecule has 132 valence electrons. The van der Waals surface area contributed by atoms with Crippen LogP contribution in [0.5, 0.6) is 0 Å². The zero-order valence-corrected chi connectivity index (χ0v) is 14.9. The SMILES string of the molecule is Cc1ccnc(Nc2nc(-c3cn[nH]c3-c3cccc(C#N)c3F)cs2)n1. The van der Waals surface area contributed by atoms with E-state index in [9.17, 15) is 4.39 Å². The molecule has 4 aromatic rings. The zero-order chi connectivity index (χ0) is 18.8. The van der Waals surface area contributed by atoms with Crippen molar-refractivity contribution in [2.45, 2.75) is 6.92 Å². The highest BCUT2D eigenvalue weighted by atomic mass is 32.1. The number of aromatic amines is 1. The van der Waals surface area contributed by atoms with Crippen molar-refractivity contribution in [1.29, 1.82) is 5.26 Å². The molecule has 0 saturated heterocycles. The summed E-state index contributed by atoms with van der Waals surface area (Å²) in [7, 11) is 0. The Balaban J connectivity index is 1.68. The van der Waals surface area contributed by atoms with Crippen molar-refractivity contribution in [3.8, 4) is 28.6 Å². The molecule has 7 nitrogen and oxygen atoms in total. The number of aryl methyl sites for hydroxylation is 1. The summed E-state index contributed by atoms with van der Waals surface area (Å²) >= 11 is 1.37. The molecular formula is C18H12FN7S. The van der Waals surface area contributed by atoms with Gasteiger partial charge in [0, 0.05) is 28.4 Å². The van der Waals surface area contributed by atoms with E-state index in [0.717, 1.165) is 5.69 Å². The van der Waals surface area contributed by atoms with E-state index in [1.165, 1.54) is 17.4 Å².